The number of pyridine rings is 1. The van der Waals surface area contributed by atoms with Crippen LogP contribution in [0.4, 0.5) is 24.7 Å². The minimum absolute atomic E-state index is 0.328. The van der Waals surface area contributed by atoms with E-state index in [-0.39, 0.29) is 11.8 Å². The monoisotopic (exact) mass is 435 g/mol. The molecule has 1 fully saturated rings. The van der Waals surface area contributed by atoms with Gasteiger partial charge in [0.2, 0.25) is 0 Å². The number of amides is 1. The van der Waals surface area contributed by atoms with Gasteiger partial charge in [-0.25, -0.2) is 4.98 Å². The number of ether oxygens (including phenoxy) is 1. The molecule has 1 saturated heterocycles. The number of rotatable bonds is 5. The number of carbonyl (C=O) groups excluding carboxylic acids is 2. The van der Waals surface area contributed by atoms with Gasteiger partial charge < -0.3 is 14.5 Å². The van der Waals surface area contributed by atoms with E-state index in [4.69, 9.17) is 4.74 Å². The highest BCUT2D eigenvalue weighted by atomic mass is 19.4. The first-order valence-corrected chi connectivity index (χ1v) is 9.98. The molecule has 1 aromatic heterocycles. The predicted molar refractivity (Wildman–Crippen MR) is 110 cm³/mol. The van der Waals surface area contributed by atoms with E-state index in [1.54, 1.807) is 26.1 Å². The molecule has 1 aromatic carbocycles. The Labute approximate surface area is 178 Å². The molecule has 1 amide bonds. The first-order chi connectivity index (χ1) is 14.7. The van der Waals surface area contributed by atoms with Gasteiger partial charge in [0.05, 0.1) is 11.5 Å². The molecular formula is C22H24F3N3O3. The van der Waals surface area contributed by atoms with Crippen LogP contribution in [-0.2, 0) is 20.5 Å². The zero-order chi connectivity index (χ0) is 22.6. The minimum Gasteiger partial charge on any atom is -0.452 e. The van der Waals surface area contributed by atoms with Crippen molar-refractivity contribution in [3.63, 3.8) is 0 Å². The average molecular weight is 435 g/mol. The van der Waals surface area contributed by atoms with E-state index >= 15 is 0 Å². The van der Waals surface area contributed by atoms with Gasteiger partial charge >= 0.3 is 12.1 Å². The number of anilines is 2. The zero-order valence-electron chi connectivity index (χ0n) is 17.3. The van der Waals surface area contributed by atoms with Crippen LogP contribution in [0.2, 0.25) is 0 Å². The second-order valence-electron chi connectivity index (χ2n) is 7.48. The van der Waals surface area contributed by atoms with Gasteiger partial charge in [0.15, 0.2) is 6.10 Å². The van der Waals surface area contributed by atoms with Gasteiger partial charge in [-0.1, -0.05) is 18.2 Å². The van der Waals surface area contributed by atoms with Gasteiger partial charge in [-0.2, -0.15) is 13.2 Å². The van der Waals surface area contributed by atoms with E-state index in [0.717, 1.165) is 12.3 Å². The number of piperidine rings is 1. The Bertz CT molecular complexity index is 896. The molecule has 0 spiro atoms. The number of esters is 1. The van der Waals surface area contributed by atoms with Crippen LogP contribution >= 0.6 is 0 Å². The Kier molecular flexibility index (Phi) is 6.82. The molecule has 1 atom stereocenters. The van der Waals surface area contributed by atoms with Gasteiger partial charge in [-0.05, 0) is 44.0 Å². The molecule has 1 aliphatic rings. The maximum atomic E-state index is 12.7. The van der Waals surface area contributed by atoms with Crippen molar-refractivity contribution in [1.82, 2.24) is 4.98 Å². The molecule has 0 N–H and O–H groups in total. The van der Waals surface area contributed by atoms with Crippen molar-refractivity contribution >= 4 is 23.4 Å². The van der Waals surface area contributed by atoms with Crippen LogP contribution in [0.3, 0.4) is 0 Å². The van der Waals surface area contributed by atoms with Gasteiger partial charge in [0, 0.05) is 32.0 Å². The van der Waals surface area contributed by atoms with Crippen LogP contribution < -0.4 is 9.80 Å². The smallest absolute Gasteiger partial charge is 0.417 e. The highest BCUT2D eigenvalue weighted by Crippen LogP contribution is 2.30. The zero-order valence-corrected chi connectivity index (χ0v) is 17.3. The van der Waals surface area contributed by atoms with E-state index in [2.05, 4.69) is 4.98 Å². The topological polar surface area (TPSA) is 62.7 Å². The Hall–Kier alpha value is -3.10. The summed E-state index contributed by atoms with van der Waals surface area (Å²) in [6, 6.07) is 11.4. The van der Waals surface area contributed by atoms with E-state index in [1.807, 2.05) is 23.1 Å². The molecule has 0 radical (unpaired) electrons. The van der Waals surface area contributed by atoms with Crippen molar-refractivity contribution in [2.24, 2.45) is 5.92 Å². The van der Waals surface area contributed by atoms with Crippen molar-refractivity contribution in [2.75, 3.05) is 29.9 Å². The first-order valence-electron chi connectivity index (χ1n) is 9.98. The van der Waals surface area contributed by atoms with Gasteiger partial charge in [0.1, 0.15) is 5.82 Å². The normalized spacial score (nSPS) is 16.0. The van der Waals surface area contributed by atoms with Gasteiger partial charge in [-0.15, -0.1) is 0 Å². The van der Waals surface area contributed by atoms with Crippen LogP contribution in [0, 0.1) is 5.92 Å². The summed E-state index contributed by atoms with van der Waals surface area (Å²) in [5.74, 6) is -0.705. The summed E-state index contributed by atoms with van der Waals surface area (Å²) >= 11 is 0. The molecule has 6 nitrogen and oxygen atoms in total. The maximum absolute atomic E-state index is 12.7. The molecule has 2 aromatic rings. The lowest BCUT2D eigenvalue weighted by atomic mass is 9.97. The maximum Gasteiger partial charge on any atom is 0.417 e. The van der Waals surface area contributed by atoms with Crippen molar-refractivity contribution in [1.29, 1.82) is 0 Å². The number of aromatic nitrogens is 1. The summed E-state index contributed by atoms with van der Waals surface area (Å²) in [7, 11) is 1.62. The fourth-order valence-electron chi connectivity index (χ4n) is 3.46. The highest BCUT2D eigenvalue weighted by Gasteiger charge is 2.32. The van der Waals surface area contributed by atoms with E-state index in [1.165, 1.54) is 11.0 Å². The number of para-hydroxylation sites is 1. The third-order valence-corrected chi connectivity index (χ3v) is 5.34. The molecule has 2 heterocycles. The molecule has 0 saturated carbocycles. The SMILES string of the molecule is C[C@@H](OC(=O)C1CCN(c2ccc(C(F)(F)F)cn2)CC1)C(=O)N(C)c1ccccc1. The van der Waals surface area contributed by atoms with Gasteiger partial charge in [-0.3, -0.25) is 9.59 Å². The third-order valence-electron chi connectivity index (χ3n) is 5.34. The molecular weight excluding hydrogens is 411 g/mol. The molecule has 1 aliphatic heterocycles. The van der Waals surface area contributed by atoms with Crippen LogP contribution in [0.1, 0.15) is 25.3 Å². The number of nitrogens with zero attached hydrogens (tertiary/aromatic N) is 3. The number of alkyl halides is 3. The number of carbonyl (C=O) groups is 2. The molecule has 0 aliphatic carbocycles. The fourth-order valence-corrected chi connectivity index (χ4v) is 3.46. The van der Waals surface area contributed by atoms with Crippen molar-refractivity contribution in [3.05, 3.63) is 54.2 Å². The standard InChI is InChI=1S/C22H24F3N3O3/c1-15(20(29)27(2)18-6-4-3-5-7-18)31-21(30)16-10-12-28(13-11-16)19-9-8-17(14-26-19)22(23,24)25/h3-9,14-16H,10-13H2,1-2H3/t15-/m1/s1. The molecule has 31 heavy (non-hydrogen) atoms. The van der Waals surface area contributed by atoms with Gasteiger partial charge in [0.25, 0.3) is 5.91 Å². The fraction of sp³-hybridized carbons (Fsp3) is 0.409. The highest BCUT2D eigenvalue weighted by molar-refractivity contribution is 5.96. The van der Waals surface area contributed by atoms with E-state index in [0.29, 0.717) is 37.4 Å². The average Bonchev–Trinajstić information content (AvgIpc) is 2.78. The molecule has 0 unspecified atom stereocenters. The lowest BCUT2D eigenvalue weighted by Gasteiger charge is -2.32. The lowest BCUT2D eigenvalue weighted by Crippen LogP contribution is -2.41. The molecule has 166 valence electrons. The van der Waals surface area contributed by atoms with Crippen molar-refractivity contribution < 1.29 is 27.5 Å². The van der Waals surface area contributed by atoms with E-state index < -0.39 is 23.8 Å². The summed E-state index contributed by atoms with van der Waals surface area (Å²) in [6.07, 6.45) is -3.60. The summed E-state index contributed by atoms with van der Waals surface area (Å²) in [4.78, 5) is 32.2. The van der Waals surface area contributed by atoms with Crippen molar-refractivity contribution in [2.45, 2.75) is 32.0 Å². The summed E-state index contributed by atoms with van der Waals surface area (Å²) in [6.45, 7) is 2.47. The molecule has 3 rings (SSSR count). The van der Waals surface area contributed by atoms with Crippen LogP contribution in [0.25, 0.3) is 0 Å². The Morgan fingerprint density at radius 2 is 1.77 bits per heavy atom. The summed E-state index contributed by atoms with van der Waals surface area (Å²) in [5, 5.41) is 0. The molecule has 9 heteroatoms. The summed E-state index contributed by atoms with van der Waals surface area (Å²) in [5.41, 5.74) is -0.0958. The predicted octanol–water partition coefficient (Wildman–Crippen LogP) is 3.91. The number of likely N-dealkylation sites (N-methyl/N-ethyl adjacent to an activating group) is 1. The third kappa shape index (κ3) is 5.53. The number of hydrogen-bond donors (Lipinski definition) is 0. The lowest BCUT2D eigenvalue weighted by molar-refractivity contribution is -0.158. The Balaban J connectivity index is 1.51. The first kappa shape index (κ1) is 22.6. The van der Waals surface area contributed by atoms with Crippen LogP contribution in [0.5, 0.6) is 0 Å². The Morgan fingerprint density at radius 3 is 2.32 bits per heavy atom. The second kappa shape index (κ2) is 9.36. The van der Waals surface area contributed by atoms with E-state index in [9.17, 15) is 22.8 Å². The van der Waals surface area contributed by atoms with Crippen molar-refractivity contribution in [3.8, 4) is 0 Å². The quantitative estimate of drug-likeness (QED) is 0.667. The molecule has 0 bridgehead atoms. The minimum atomic E-state index is -4.43. The Morgan fingerprint density at radius 1 is 1.13 bits per heavy atom. The number of halogens is 3. The number of hydrogen-bond acceptors (Lipinski definition) is 5. The second-order valence-corrected chi connectivity index (χ2v) is 7.48. The van der Waals surface area contributed by atoms with Crippen LogP contribution in [0.15, 0.2) is 48.7 Å². The van der Waals surface area contributed by atoms with Crippen LogP contribution in [-0.4, -0.2) is 43.1 Å². The number of benzene rings is 1. The largest absolute Gasteiger partial charge is 0.452 e. The summed E-state index contributed by atoms with van der Waals surface area (Å²) < 4.78 is 43.4.